The molecule has 2 atom stereocenters. The molecule has 0 bridgehead atoms. The van der Waals surface area contributed by atoms with Crippen LogP contribution in [-0.4, -0.2) is 32.0 Å². The van der Waals surface area contributed by atoms with E-state index in [1.54, 1.807) is 0 Å². The van der Waals surface area contributed by atoms with Crippen LogP contribution in [0.5, 0.6) is 0 Å². The van der Waals surface area contributed by atoms with E-state index in [2.05, 4.69) is 49.5 Å². The van der Waals surface area contributed by atoms with E-state index in [1.807, 2.05) is 50.4 Å². The molecule has 182 valence electrons. The first-order valence-electron chi connectivity index (χ1n) is 12.5. The van der Waals surface area contributed by atoms with Gasteiger partial charge >= 0.3 is 0 Å². The first kappa shape index (κ1) is 23.5. The molecule has 2 aromatic heterocycles. The number of nitrogens with one attached hydrogen (secondary N) is 2. The number of benzene rings is 1. The molecule has 3 heterocycles. The maximum Gasteiger partial charge on any atom is 0.226 e. The van der Waals surface area contributed by atoms with Crippen LogP contribution in [0.2, 0.25) is 0 Å². The smallest absolute Gasteiger partial charge is 0.226 e. The van der Waals surface area contributed by atoms with Gasteiger partial charge in [0, 0.05) is 42.8 Å². The van der Waals surface area contributed by atoms with Crippen molar-refractivity contribution in [1.29, 1.82) is 0 Å². The summed E-state index contributed by atoms with van der Waals surface area (Å²) in [6.45, 7) is 4.58. The monoisotopic (exact) mass is 487 g/mol. The molecule has 0 unspecified atom stereocenters. The number of carbonyl (C=O) groups excluding carboxylic acids is 1. The number of aryl methyl sites for hydroxylation is 2. The lowest BCUT2D eigenvalue weighted by molar-refractivity contribution is -0.116. The fourth-order valence-corrected chi connectivity index (χ4v) is 5.78. The number of anilines is 1. The van der Waals surface area contributed by atoms with Crippen LogP contribution in [0.25, 0.3) is 0 Å². The molecule has 3 aromatic rings. The Morgan fingerprint density at radius 3 is 2.74 bits per heavy atom. The summed E-state index contributed by atoms with van der Waals surface area (Å²) in [6, 6.07) is 16.9. The summed E-state index contributed by atoms with van der Waals surface area (Å²) >= 11 is 5.81. The third-order valence-electron chi connectivity index (χ3n) is 7.28. The Morgan fingerprint density at radius 1 is 1.14 bits per heavy atom. The van der Waals surface area contributed by atoms with Crippen LogP contribution < -0.4 is 10.6 Å². The second-order valence-corrected chi connectivity index (χ2v) is 10.1. The van der Waals surface area contributed by atoms with Gasteiger partial charge in [0.1, 0.15) is 0 Å². The largest absolute Gasteiger partial charge is 0.352 e. The van der Waals surface area contributed by atoms with Gasteiger partial charge in [-0.1, -0.05) is 31.0 Å². The van der Waals surface area contributed by atoms with Crippen LogP contribution >= 0.6 is 12.2 Å². The van der Waals surface area contributed by atoms with Gasteiger partial charge in [-0.25, -0.2) is 0 Å². The van der Waals surface area contributed by atoms with Crippen LogP contribution in [-0.2, 0) is 4.79 Å². The fourth-order valence-electron chi connectivity index (χ4n) is 5.45. The number of hydrogen-bond donors (Lipinski definition) is 2. The van der Waals surface area contributed by atoms with Crippen molar-refractivity contribution in [2.45, 2.75) is 64.1 Å². The molecule has 1 amide bonds. The van der Waals surface area contributed by atoms with E-state index in [9.17, 15) is 4.79 Å². The van der Waals surface area contributed by atoms with Gasteiger partial charge in [0.25, 0.3) is 0 Å². The lowest BCUT2D eigenvalue weighted by Crippen LogP contribution is -2.33. The van der Waals surface area contributed by atoms with E-state index in [0.29, 0.717) is 24.1 Å². The van der Waals surface area contributed by atoms with Gasteiger partial charge in [0.2, 0.25) is 5.91 Å². The quantitative estimate of drug-likeness (QED) is 0.424. The van der Waals surface area contributed by atoms with Crippen molar-refractivity contribution in [1.82, 2.24) is 19.8 Å². The van der Waals surface area contributed by atoms with Crippen LogP contribution in [0, 0.1) is 13.8 Å². The number of pyridine rings is 1. The fraction of sp³-hybridized carbons (Fsp3) is 0.393. The van der Waals surface area contributed by atoms with E-state index in [0.717, 1.165) is 22.5 Å². The van der Waals surface area contributed by atoms with E-state index in [-0.39, 0.29) is 18.0 Å². The van der Waals surface area contributed by atoms with Gasteiger partial charge in [-0.2, -0.15) is 0 Å². The summed E-state index contributed by atoms with van der Waals surface area (Å²) in [6.07, 6.45) is 9.34. The molecule has 0 spiro atoms. The Balaban J connectivity index is 1.39. The van der Waals surface area contributed by atoms with Gasteiger partial charge in [0.15, 0.2) is 5.11 Å². The van der Waals surface area contributed by atoms with Crippen molar-refractivity contribution in [2.75, 3.05) is 11.9 Å². The Labute approximate surface area is 212 Å². The molecule has 2 fully saturated rings. The standard InChI is InChI=1S/C28H33N5OS/c1-19-12-13-20(2)23(18-19)30-25(34)14-17-33-27(24-11-7-16-32(24)21-8-3-4-9-21)26(31-28(33)35)22-10-5-6-15-29-22/h5-7,10-13,15-16,18,21,26-27H,3-4,8-9,14,17H2,1-2H3,(H,30,34)(H,31,35)/t26-,27-/m0/s1. The zero-order valence-electron chi connectivity index (χ0n) is 20.4. The van der Waals surface area contributed by atoms with Crippen molar-refractivity contribution >= 4 is 28.9 Å². The summed E-state index contributed by atoms with van der Waals surface area (Å²) in [4.78, 5) is 19.8. The molecule has 2 N–H and O–H groups in total. The SMILES string of the molecule is Cc1ccc(C)c(NC(=O)CCN2C(=S)N[C@@H](c3ccccn3)[C@@H]2c2cccn2C2CCCC2)c1. The van der Waals surface area contributed by atoms with Crippen LogP contribution in [0.3, 0.4) is 0 Å². The first-order valence-corrected chi connectivity index (χ1v) is 12.9. The molecular weight excluding hydrogens is 454 g/mol. The number of rotatable bonds is 7. The average molecular weight is 488 g/mol. The highest BCUT2D eigenvalue weighted by atomic mass is 32.1. The van der Waals surface area contributed by atoms with E-state index in [1.165, 1.54) is 31.4 Å². The van der Waals surface area contributed by atoms with Crippen LogP contribution in [0.1, 0.15) is 72.7 Å². The van der Waals surface area contributed by atoms with Gasteiger partial charge < -0.3 is 20.1 Å². The maximum absolute atomic E-state index is 12.9. The van der Waals surface area contributed by atoms with Crippen molar-refractivity contribution < 1.29 is 4.79 Å². The molecule has 1 saturated heterocycles. The Hall–Kier alpha value is -3.19. The Morgan fingerprint density at radius 2 is 1.97 bits per heavy atom. The molecule has 1 saturated carbocycles. The van der Waals surface area contributed by atoms with Gasteiger partial charge in [-0.3, -0.25) is 9.78 Å². The third-order valence-corrected chi connectivity index (χ3v) is 7.63. The number of nitrogens with zero attached hydrogens (tertiary/aromatic N) is 3. The lowest BCUT2D eigenvalue weighted by atomic mass is 10.0. The molecule has 1 aromatic carbocycles. The molecule has 6 nitrogen and oxygen atoms in total. The minimum Gasteiger partial charge on any atom is -0.352 e. The van der Waals surface area contributed by atoms with Crippen molar-refractivity contribution in [3.63, 3.8) is 0 Å². The van der Waals surface area contributed by atoms with E-state index < -0.39 is 0 Å². The topological polar surface area (TPSA) is 62.2 Å². The number of hydrogen-bond acceptors (Lipinski definition) is 3. The minimum absolute atomic E-state index is 0.00675. The van der Waals surface area contributed by atoms with Gasteiger partial charge in [-0.15, -0.1) is 0 Å². The van der Waals surface area contributed by atoms with Crippen molar-refractivity contribution in [2.24, 2.45) is 0 Å². The molecule has 1 aliphatic heterocycles. The Bertz CT molecular complexity index is 1200. The normalized spacial score (nSPS) is 20.3. The number of carbonyl (C=O) groups is 1. The second-order valence-electron chi connectivity index (χ2n) is 9.72. The Kier molecular flexibility index (Phi) is 6.86. The number of thiocarbonyl (C=S) groups is 1. The van der Waals surface area contributed by atoms with E-state index in [4.69, 9.17) is 12.2 Å². The second kappa shape index (κ2) is 10.2. The van der Waals surface area contributed by atoms with Crippen LogP contribution in [0.15, 0.2) is 60.9 Å². The average Bonchev–Trinajstić information content (AvgIpc) is 3.60. The molecular formula is C28H33N5OS. The van der Waals surface area contributed by atoms with Crippen LogP contribution in [0.4, 0.5) is 5.69 Å². The zero-order valence-corrected chi connectivity index (χ0v) is 21.2. The summed E-state index contributed by atoms with van der Waals surface area (Å²) in [5, 5.41) is 7.28. The van der Waals surface area contributed by atoms with Gasteiger partial charge in [0.05, 0.1) is 17.8 Å². The summed E-state index contributed by atoms with van der Waals surface area (Å²) in [5.41, 5.74) is 5.25. The zero-order chi connectivity index (χ0) is 24.4. The van der Waals surface area contributed by atoms with Crippen molar-refractivity contribution in [3.05, 3.63) is 83.4 Å². The summed E-state index contributed by atoms with van der Waals surface area (Å²) in [7, 11) is 0. The number of amides is 1. The minimum atomic E-state index is -0.0687. The molecule has 35 heavy (non-hydrogen) atoms. The highest BCUT2D eigenvalue weighted by Crippen LogP contribution is 2.41. The third kappa shape index (κ3) is 4.96. The molecule has 5 rings (SSSR count). The highest BCUT2D eigenvalue weighted by molar-refractivity contribution is 7.80. The predicted octanol–water partition coefficient (Wildman–Crippen LogP) is 5.62. The molecule has 1 aliphatic carbocycles. The van der Waals surface area contributed by atoms with Crippen molar-refractivity contribution in [3.8, 4) is 0 Å². The molecule has 2 aliphatic rings. The summed E-state index contributed by atoms with van der Waals surface area (Å²) < 4.78 is 2.44. The first-order chi connectivity index (χ1) is 17.0. The number of aromatic nitrogens is 2. The van der Waals surface area contributed by atoms with Gasteiger partial charge in [-0.05, 0) is 80.4 Å². The maximum atomic E-state index is 12.9. The summed E-state index contributed by atoms with van der Waals surface area (Å²) in [5.74, 6) is -0.00675. The predicted molar refractivity (Wildman–Crippen MR) is 143 cm³/mol. The lowest BCUT2D eigenvalue weighted by Gasteiger charge is -2.30. The van der Waals surface area contributed by atoms with E-state index >= 15 is 0 Å². The molecule has 0 radical (unpaired) electrons. The highest BCUT2D eigenvalue weighted by Gasteiger charge is 2.41. The molecule has 7 heteroatoms.